The number of aliphatic carboxylic acids is 8. The van der Waals surface area contributed by atoms with Gasteiger partial charge in [-0.3, -0.25) is 38.4 Å². The van der Waals surface area contributed by atoms with Crippen LogP contribution in [0.3, 0.4) is 0 Å². The number of carboxylic acids is 8. The summed E-state index contributed by atoms with van der Waals surface area (Å²) in [4.78, 5) is 89.2. The number of fused-ring (bicyclic) bond motifs is 4. The van der Waals surface area contributed by atoms with E-state index in [0.29, 0.717) is 0 Å². The highest BCUT2D eigenvalue weighted by atomic mass is 16.4. The van der Waals surface area contributed by atoms with Crippen LogP contribution in [0.5, 0.6) is 0 Å². The molecule has 0 aromatic heterocycles. The Kier molecular flexibility index (Phi) is 7.89. The predicted octanol–water partition coefficient (Wildman–Crippen LogP) is -0.731. The van der Waals surface area contributed by atoms with Gasteiger partial charge in [-0.1, -0.05) is 0 Å². The third-order valence-electron chi connectivity index (χ3n) is 8.90. The van der Waals surface area contributed by atoms with E-state index in [1.54, 1.807) is 0 Å². The second-order valence-electron chi connectivity index (χ2n) is 10.4. The van der Waals surface area contributed by atoms with Crippen LogP contribution in [-0.2, 0) is 38.4 Å². The first-order valence-corrected chi connectivity index (χ1v) is 11.8. The Bertz CT molecular complexity index is 1040. The van der Waals surface area contributed by atoms with Gasteiger partial charge in [-0.05, 0) is 42.4 Å². The van der Waals surface area contributed by atoms with Gasteiger partial charge in [0.15, 0.2) is 0 Å². The molecular formula is C23H26O16. The van der Waals surface area contributed by atoms with E-state index < -0.39 is 125 Å². The molecule has 0 aromatic carbocycles. The lowest BCUT2D eigenvalue weighted by Crippen LogP contribution is -2.47. The molecule has 4 fully saturated rings. The Morgan fingerprint density at radius 3 is 0.872 bits per heavy atom. The van der Waals surface area contributed by atoms with Crippen molar-refractivity contribution in [3.05, 3.63) is 0 Å². The summed E-state index contributed by atoms with van der Waals surface area (Å²) in [6.45, 7) is 0. The van der Waals surface area contributed by atoms with Crippen LogP contribution in [-0.4, -0.2) is 88.6 Å². The van der Waals surface area contributed by atoms with Crippen LogP contribution in [0.15, 0.2) is 0 Å². The zero-order chi connectivity index (χ0) is 29.7. The molecular weight excluding hydrogens is 532 g/mol. The molecule has 0 saturated heterocycles. The van der Waals surface area contributed by atoms with Crippen molar-refractivity contribution in [2.24, 2.45) is 71.0 Å². The van der Waals surface area contributed by atoms with Gasteiger partial charge in [0.25, 0.3) is 0 Å². The highest BCUT2D eigenvalue weighted by molar-refractivity contribution is 5.88. The van der Waals surface area contributed by atoms with Gasteiger partial charge in [0.1, 0.15) is 0 Å². The van der Waals surface area contributed by atoms with Gasteiger partial charge in [-0.2, -0.15) is 0 Å². The molecule has 0 heterocycles. The number of carboxylic acid groups (broad SMARTS) is 8. The Labute approximate surface area is 217 Å². The van der Waals surface area contributed by atoms with Gasteiger partial charge in [0.2, 0.25) is 0 Å². The lowest BCUT2D eigenvalue weighted by molar-refractivity contribution is -0.169. The average molecular weight is 558 g/mol. The topological polar surface area (TPSA) is 298 Å². The zero-order valence-corrected chi connectivity index (χ0v) is 19.9. The minimum Gasteiger partial charge on any atom is -0.481 e. The highest BCUT2D eigenvalue weighted by Gasteiger charge is 2.67. The molecule has 0 aromatic rings. The molecule has 4 bridgehead atoms. The molecule has 8 N–H and O–H groups in total. The maximum atomic E-state index is 11.3. The number of hydrogen-bond donors (Lipinski definition) is 8. The first-order valence-electron chi connectivity index (χ1n) is 11.8. The van der Waals surface area contributed by atoms with Crippen molar-refractivity contribution in [1.29, 1.82) is 0 Å². The smallest absolute Gasteiger partial charge is 0.307 e. The van der Waals surface area contributed by atoms with E-state index in [1.165, 1.54) is 0 Å². The van der Waals surface area contributed by atoms with Crippen molar-refractivity contribution in [3.8, 4) is 0 Å². The van der Waals surface area contributed by atoms with Gasteiger partial charge in [-0.15, -0.1) is 0 Å². The summed E-state index contributed by atoms with van der Waals surface area (Å²) in [7, 11) is 0. The predicted molar refractivity (Wildman–Crippen MR) is 117 cm³/mol. The molecule has 4 rings (SSSR count). The van der Waals surface area contributed by atoms with Crippen molar-refractivity contribution < 1.29 is 79.2 Å². The Morgan fingerprint density at radius 2 is 0.615 bits per heavy atom. The van der Waals surface area contributed by atoms with Crippen LogP contribution in [0.1, 0.15) is 19.3 Å². The van der Waals surface area contributed by atoms with Crippen molar-refractivity contribution in [2.45, 2.75) is 19.3 Å². The van der Waals surface area contributed by atoms with Crippen LogP contribution in [0.2, 0.25) is 0 Å². The Morgan fingerprint density at radius 1 is 0.385 bits per heavy atom. The molecule has 10 unspecified atom stereocenters. The van der Waals surface area contributed by atoms with Crippen LogP contribution in [0.4, 0.5) is 0 Å². The molecule has 0 spiro atoms. The van der Waals surface area contributed by atoms with E-state index in [9.17, 15) is 48.6 Å². The summed E-state index contributed by atoms with van der Waals surface area (Å²) < 4.78 is 0. The molecule has 10 atom stereocenters. The normalized spacial score (nSPS) is 39.3. The SMILES string of the molecule is O=C(O)C1C2CC(C1C(=O)O)C(C(=O)O)C2C(=O)O.O=C(O)CC1C2CC(C1C(=O)O)C(C(=O)O)C2C(=O)O. The lowest BCUT2D eigenvalue weighted by atomic mass is 9.67. The van der Waals surface area contributed by atoms with Crippen LogP contribution >= 0.6 is 0 Å². The molecule has 16 heteroatoms. The van der Waals surface area contributed by atoms with Crippen molar-refractivity contribution in [2.75, 3.05) is 0 Å². The van der Waals surface area contributed by atoms with E-state index in [0.717, 1.165) is 0 Å². The van der Waals surface area contributed by atoms with E-state index in [-0.39, 0.29) is 12.8 Å². The molecule has 0 amide bonds. The Balaban J connectivity index is 0.000000216. The van der Waals surface area contributed by atoms with Gasteiger partial charge in [0.05, 0.1) is 41.4 Å². The number of hydrogen-bond acceptors (Lipinski definition) is 8. The first-order chi connectivity index (χ1) is 18.0. The van der Waals surface area contributed by atoms with Crippen LogP contribution < -0.4 is 0 Å². The summed E-state index contributed by atoms with van der Waals surface area (Å²) in [5, 5.41) is 72.7. The fraction of sp³-hybridized carbons (Fsp3) is 0.652. The summed E-state index contributed by atoms with van der Waals surface area (Å²) in [5.74, 6) is -23.8. The second-order valence-corrected chi connectivity index (χ2v) is 10.4. The molecule has 4 aliphatic rings. The minimum atomic E-state index is -1.38. The standard InChI is InChI=1S/C12H14O8.C11H12O8/c13-6(14)2-4-3-1-5(7(4)10(15)16)9(12(19)20)8(3)11(17)18;12-8(13)4-2-1-3(6(4)10(16)17)7(11(18)19)5(2)9(14)15/h3-5,7-9H,1-2H2,(H,13,14)(H,15,16)(H,17,18)(H,19,20);2-7H,1H2,(H,12,13)(H,14,15)(H,16,17)(H,18,19). The van der Waals surface area contributed by atoms with Crippen LogP contribution in [0, 0.1) is 71.0 Å². The van der Waals surface area contributed by atoms with Gasteiger partial charge in [-0.25, -0.2) is 0 Å². The molecule has 4 saturated carbocycles. The van der Waals surface area contributed by atoms with Crippen molar-refractivity contribution >= 4 is 47.8 Å². The third-order valence-corrected chi connectivity index (χ3v) is 8.90. The van der Waals surface area contributed by atoms with E-state index in [2.05, 4.69) is 0 Å². The highest BCUT2D eigenvalue weighted by Crippen LogP contribution is 2.60. The van der Waals surface area contributed by atoms with E-state index in [1.807, 2.05) is 0 Å². The number of rotatable bonds is 9. The van der Waals surface area contributed by atoms with E-state index >= 15 is 0 Å². The van der Waals surface area contributed by atoms with Gasteiger partial charge < -0.3 is 40.9 Å². The zero-order valence-electron chi connectivity index (χ0n) is 19.9. The fourth-order valence-corrected chi connectivity index (χ4v) is 7.81. The lowest BCUT2D eigenvalue weighted by Gasteiger charge is -2.34. The summed E-state index contributed by atoms with van der Waals surface area (Å²) in [6, 6.07) is 0. The summed E-state index contributed by atoms with van der Waals surface area (Å²) >= 11 is 0. The Hall–Kier alpha value is -4.24. The van der Waals surface area contributed by atoms with Crippen LogP contribution in [0.25, 0.3) is 0 Å². The maximum absolute atomic E-state index is 11.3. The second kappa shape index (κ2) is 10.5. The monoisotopic (exact) mass is 558 g/mol. The molecule has 214 valence electrons. The summed E-state index contributed by atoms with van der Waals surface area (Å²) in [5.41, 5.74) is 0. The third kappa shape index (κ3) is 4.85. The minimum absolute atomic E-state index is 0.0157. The quantitative estimate of drug-likeness (QED) is 0.173. The van der Waals surface area contributed by atoms with Crippen molar-refractivity contribution in [3.63, 3.8) is 0 Å². The molecule has 0 radical (unpaired) electrons. The molecule has 0 aliphatic heterocycles. The largest absolute Gasteiger partial charge is 0.481 e. The fourth-order valence-electron chi connectivity index (χ4n) is 7.81. The molecule has 4 aliphatic carbocycles. The maximum Gasteiger partial charge on any atom is 0.307 e. The first kappa shape index (κ1) is 29.3. The average Bonchev–Trinajstić information content (AvgIpc) is 3.54. The molecule has 16 nitrogen and oxygen atoms in total. The van der Waals surface area contributed by atoms with Gasteiger partial charge in [0, 0.05) is 6.42 Å². The van der Waals surface area contributed by atoms with Gasteiger partial charge >= 0.3 is 47.8 Å². The van der Waals surface area contributed by atoms with E-state index in [4.69, 9.17) is 30.6 Å². The summed E-state index contributed by atoms with van der Waals surface area (Å²) in [6.07, 6.45) is -0.293. The number of carbonyl (C=O) groups is 8. The van der Waals surface area contributed by atoms with Crippen molar-refractivity contribution in [1.82, 2.24) is 0 Å². The molecule has 39 heavy (non-hydrogen) atoms.